The summed E-state index contributed by atoms with van der Waals surface area (Å²) in [5, 5.41) is 8.22. The number of nitrogens with two attached hydrogens (primary N) is 1. The Labute approximate surface area is 225 Å². The largest absolute Gasteiger partial charge is 0.494 e. The molecule has 1 saturated heterocycles. The first-order chi connectivity index (χ1) is 17.8. The third kappa shape index (κ3) is 7.14. The van der Waals surface area contributed by atoms with Gasteiger partial charge in [-0.3, -0.25) is 4.90 Å². The number of likely N-dealkylation sites (N-methyl/N-ethyl adjacent to an activating group) is 1. The summed E-state index contributed by atoms with van der Waals surface area (Å²) in [6, 6.07) is 11.7. The fourth-order valence-electron chi connectivity index (χ4n) is 4.06. The predicted molar refractivity (Wildman–Crippen MR) is 155 cm³/mol. The molecule has 0 saturated carbocycles. The van der Waals surface area contributed by atoms with Gasteiger partial charge in [-0.15, -0.1) is 0 Å². The van der Waals surface area contributed by atoms with Gasteiger partial charge in [0.2, 0.25) is 5.95 Å². The second kappa shape index (κ2) is 12.6. The van der Waals surface area contributed by atoms with Crippen molar-refractivity contribution in [1.29, 1.82) is 0 Å². The highest BCUT2D eigenvalue weighted by Crippen LogP contribution is 2.37. The number of nitrogens with one attached hydrogen (secondary N) is 2. The molecule has 0 spiro atoms. The molecule has 198 valence electrons. The van der Waals surface area contributed by atoms with Gasteiger partial charge in [0.05, 0.1) is 24.7 Å². The number of aromatic nitrogens is 2. The fraction of sp³-hybridized carbons (Fsp3) is 0.385. The van der Waals surface area contributed by atoms with Gasteiger partial charge in [-0.25, -0.2) is 4.98 Å². The number of nitrogens with zero attached hydrogens (tertiary/aromatic N) is 4. The summed E-state index contributed by atoms with van der Waals surface area (Å²) in [5.41, 5.74) is 8.43. The summed E-state index contributed by atoms with van der Waals surface area (Å²) >= 11 is 6.42. The summed E-state index contributed by atoms with van der Waals surface area (Å²) in [7, 11) is 3.45. The van der Waals surface area contributed by atoms with Crippen LogP contribution in [0.1, 0.15) is 0 Å². The van der Waals surface area contributed by atoms with E-state index in [9.17, 15) is 0 Å². The van der Waals surface area contributed by atoms with Crippen LogP contribution < -0.4 is 31.1 Å². The fourth-order valence-corrected chi connectivity index (χ4v) is 5.19. The van der Waals surface area contributed by atoms with Gasteiger partial charge in [-0.2, -0.15) is 4.98 Å². The minimum Gasteiger partial charge on any atom is -0.494 e. The van der Waals surface area contributed by atoms with Gasteiger partial charge in [-0.05, 0) is 37.8 Å². The number of hydrogen-bond donors (Lipinski definition) is 3. The van der Waals surface area contributed by atoms with Crippen LogP contribution in [-0.2, 0) is 0 Å². The lowest BCUT2D eigenvalue weighted by molar-refractivity contribution is 0.134. The minimum absolute atomic E-state index is 0.305. The van der Waals surface area contributed by atoms with Crippen LogP contribution in [0.4, 0.5) is 28.8 Å². The second-order valence-electron chi connectivity index (χ2n) is 9.14. The quantitative estimate of drug-likeness (QED) is 0.256. The molecule has 4 rings (SSSR count). The maximum Gasteiger partial charge on any atom is 0.229 e. The molecule has 0 bridgehead atoms. The molecule has 4 N–H and O–H groups in total. The summed E-state index contributed by atoms with van der Waals surface area (Å²) < 4.78 is 11.6. The number of benzene rings is 2. The highest BCUT2D eigenvalue weighted by molar-refractivity contribution is 7.64. The third-order valence-electron chi connectivity index (χ3n) is 6.22. The van der Waals surface area contributed by atoms with Gasteiger partial charge in [0.1, 0.15) is 23.1 Å². The maximum atomic E-state index is 6.42. The van der Waals surface area contributed by atoms with Crippen LogP contribution in [0, 0.1) is 0 Å². The number of piperazine rings is 1. The number of ether oxygens (including phenoxy) is 2. The van der Waals surface area contributed by atoms with Crippen molar-refractivity contribution >= 4 is 53.7 Å². The Morgan fingerprint density at radius 3 is 2.54 bits per heavy atom. The van der Waals surface area contributed by atoms with E-state index in [4.69, 9.17) is 26.8 Å². The van der Waals surface area contributed by atoms with E-state index in [0.717, 1.165) is 38.4 Å². The van der Waals surface area contributed by atoms with Gasteiger partial charge >= 0.3 is 0 Å². The van der Waals surface area contributed by atoms with E-state index in [1.807, 2.05) is 18.2 Å². The standard InChI is InChI=1S/C26H35ClN7O2P/c1-33-9-11-34(12-10-33)13-14-36-22-16-23(35-2)21(15-19(22)28)31-26-29-17-18(27)25(32-26)30-20-7-5-6-8-24(20)37(3)4/h5-8,15-17H,9-14,28H2,1-4H3,(H2,29,30,31,32). The van der Waals surface area contributed by atoms with Gasteiger partial charge in [0.15, 0.2) is 5.82 Å². The third-order valence-corrected chi connectivity index (χ3v) is 7.85. The van der Waals surface area contributed by atoms with E-state index in [1.165, 1.54) is 5.30 Å². The van der Waals surface area contributed by atoms with Crippen molar-refractivity contribution < 1.29 is 9.47 Å². The number of halogens is 1. The molecule has 0 amide bonds. The predicted octanol–water partition coefficient (Wildman–Crippen LogP) is 4.20. The molecule has 37 heavy (non-hydrogen) atoms. The Hall–Kier alpha value is -2.84. The van der Waals surface area contributed by atoms with Crippen LogP contribution in [0.3, 0.4) is 0 Å². The van der Waals surface area contributed by atoms with Gasteiger partial charge in [-0.1, -0.05) is 37.7 Å². The number of anilines is 5. The molecule has 0 unspecified atom stereocenters. The molecule has 0 atom stereocenters. The molecule has 2 aromatic carbocycles. The molecular formula is C26H35ClN7O2P. The topological polar surface area (TPSA) is 101 Å². The minimum atomic E-state index is -0.305. The zero-order chi connectivity index (χ0) is 26.4. The number of methoxy groups -OCH3 is 1. The zero-order valence-corrected chi connectivity index (χ0v) is 23.4. The van der Waals surface area contributed by atoms with E-state index in [-0.39, 0.29) is 7.92 Å². The molecule has 2 heterocycles. The molecule has 3 aromatic rings. The number of hydrogen-bond acceptors (Lipinski definition) is 9. The van der Waals surface area contributed by atoms with Crippen molar-refractivity contribution in [2.45, 2.75) is 0 Å². The van der Waals surface area contributed by atoms with Crippen LogP contribution in [0.15, 0.2) is 42.6 Å². The van der Waals surface area contributed by atoms with Crippen molar-refractivity contribution in [2.75, 3.05) is 83.2 Å². The Bertz CT molecular complexity index is 1210. The van der Waals surface area contributed by atoms with E-state index in [1.54, 1.807) is 25.4 Å². The lowest BCUT2D eigenvalue weighted by atomic mass is 10.2. The van der Waals surface area contributed by atoms with Crippen molar-refractivity contribution in [3.63, 3.8) is 0 Å². The molecule has 1 fully saturated rings. The molecule has 11 heteroatoms. The first kappa shape index (κ1) is 27.2. The lowest BCUT2D eigenvalue weighted by Gasteiger charge is -2.32. The summed E-state index contributed by atoms with van der Waals surface area (Å²) in [6.07, 6.45) is 1.56. The van der Waals surface area contributed by atoms with Crippen LogP contribution in [0.5, 0.6) is 11.5 Å². The zero-order valence-electron chi connectivity index (χ0n) is 21.8. The van der Waals surface area contributed by atoms with Crippen LogP contribution in [0.25, 0.3) is 0 Å². The molecule has 0 radical (unpaired) electrons. The average molecular weight is 544 g/mol. The monoisotopic (exact) mass is 543 g/mol. The first-order valence-electron chi connectivity index (χ1n) is 12.2. The SMILES string of the molecule is COc1cc(OCCN2CCN(C)CC2)c(N)cc1Nc1ncc(Cl)c(Nc2ccccc2P(C)C)n1. The highest BCUT2D eigenvalue weighted by atomic mass is 35.5. The number of para-hydroxylation sites is 1. The van der Waals surface area contributed by atoms with Gasteiger partial charge < -0.3 is 30.7 Å². The van der Waals surface area contributed by atoms with Gasteiger partial charge in [0, 0.05) is 44.5 Å². The van der Waals surface area contributed by atoms with Crippen molar-refractivity contribution in [3.8, 4) is 11.5 Å². The molecular weight excluding hydrogens is 509 g/mol. The Morgan fingerprint density at radius 1 is 1.05 bits per heavy atom. The summed E-state index contributed by atoms with van der Waals surface area (Å²) in [4.78, 5) is 13.7. The smallest absolute Gasteiger partial charge is 0.229 e. The molecule has 0 aliphatic carbocycles. The van der Waals surface area contributed by atoms with E-state index in [0.29, 0.717) is 46.3 Å². The van der Waals surface area contributed by atoms with Crippen LogP contribution in [-0.4, -0.2) is 86.6 Å². The Kier molecular flexibility index (Phi) is 9.27. The Morgan fingerprint density at radius 2 is 1.81 bits per heavy atom. The number of nitrogen functional groups attached to an aromatic ring is 1. The maximum absolute atomic E-state index is 6.42. The molecule has 1 aliphatic heterocycles. The first-order valence-corrected chi connectivity index (χ1v) is 14.8. The lowest BCUT2D eigenvalue weighted by Crippen LogP contribution is -2.45. The normalized spacial score (nSPS) is 14.5. The number of rotatable bonds is 10. The molecule has 1 aromatic heterocycles. The van der Waals surface area contributed by atoms with Crippen LogP contribution >= 0.6 is 19.5 Å². The van der Waals surface area contributed by atoms with Crippen molar-refractivity contribution in [1.82, 2.24) is 19.8 Å². The Balaban J connectivity index is 1.46. The van der Waals surface area contributed by atoms with E-state index >= 15 is 0 Å². The van der Waals surface area contributed by atoms with E-state index < -0.39 is 0 Å². The summed E-state index contributed by atoms with van der Waals surface area (Å²) in [5.74, 6) is 2.04. The van der Waals surface area contributed by atoms with E-state index in [2.05, 4.69) is 56.8 Å². The van der Waals surface area contributed by atoms with Crippen molar-refractivity contribution in [2.24, 2.45) is 0 Å². The van der Waals surface area contributed by atoms with Crippen molar-refractivity contribution in [3.05, 3.63) is 47.6 Å². The molecule has 9 nitrogen and oxygen atoms in total. The molecule has 1 aliphatic rings. The summed E-state index contributed by atoms with van der Waals surface area (Å²) in [6.45, 7) is 10.1. The average Bonchev–Trinajstić information content (AvgIpc) is 2.88. The second-order valence-corrected chi connectivity index (χ2v) is 11.8. The van der Waals surface area contributed by atoms with Gasteiger partial charge in [0.25, 0.3) is 0 Å². The highest BCUT2D eigenvalue weighted by Gasteiger charge is 2.16. The van der Waals surface area contributed by atoms with Crippen LogP contribution in [0.2, 0.25) is 5.02 Å².